The van der Waals surface area contributed by atoms with E-state index in [2.05, 4.69) is 0 Å². The summed E-state index contributed by atoms with van der Waals surface area (Å²) in [6, 6.07) is 0. The van der Waals surface area contributed by atoms with Gasteiger partial charge >= 0.3 is 5.97 Å². The number of hydrogen-bond acceptors (Lipinski definition) is 2. The van der Waals surface area contributed by atoms with Crippen LogP contribution in [-0.4, -0.2) is 36.1 Å². The molecule has 3 heteroatoms. The normalized spacial score (nSPS) is 17.3. The minimum atomic E-state index is -0.733. The van der Waals surface area contributed by atoms with Crippen molar-refractivity contribution in [1.29, 1.82) is 0 Å². The molecule has 1 rings (SSSR count). The highest BCUT2D eigenvalue weighted by atomic mass is 16.4. The molecule has 1 N–H and O–H groups in total. The van der Waals surface area contributed by atoms with Crippen LogP contribution in [0.4, 0.5) is 0 Å². The monoisotopic (exact) mass is 157 g/mol. The van der Waals surface area contributed by atoms with E-state index in [1.165, 1.54) is 19.3 Å². The zero-order valence-corrected chi connectivity index (χ0v) is 6.92. The Morgan fingerprint density at radius 3 is 2.73 bits per heavy atom. The van der Waals surface area contributed by atoms with Crippen LogP contribution in [0.15, 0.2) is 0 Å². The fraction of sp³-hybridized carbons (Fsp3) is 0.875. The Bertz CT molecular complexity index is 143. The van der Waals surface area contributed by atoms with E-state index in [-0.39, 0.29) is 6.54 Å². The lowest BCUT2D eigenvalue weighted by atomic mass is 10.3. The van der Waals surface area contributed by atoms with Gasteiger partial charge < -0.3 is 5.11 Å². The van der Waals surface area contributed by atoms with Crippen molar-refractivity contribution >= 4 is 5.97 Å². The van der Waals surface area contributed by atoms with Gasteiger partial charge in [-0.2, -0.15) is 0 Å². The van der Waals surface area contributed by atoms with Gasteiger partial charge in [0.2, 0.25) is 0 Å². The third-order valence-corrected chi connectivity index (χ3v) is 2.02. The van der Waals surface area contributed by atoms with Gasteiger partial charge in [0.15, 0.2) is 0 Å². The van der Waals surface area contributed by atoms with Crippen molar-refractivity contribution in [2.45, 2.75) is 19.3 Å². The zero-order chi connectivity index (χ0) is 8.27. The Balaban J connectivity index is 1.99. The first kappa shape index (κ1) is 8.53. The summed E-state index contributed by atoms with van der Waals surface area (Å²) in [5.41, 5.74) is 0. The van der Waals surface area contributed by atoms with Gasteiger partial charge in [0, 0.05) is 0 Å². The van der Waals surface area contributed by atoms with Crippen molar-refractivity contribution in [2.75, 3.05) is 20.1 Å². The summed E-state index contributed by atoms with van der Waals surface area (Å²) in [6.07, 6.45) is 3.87. The molecule has 0 unspecified atom stereocenters. The van der Waals surface area contributed by atoms with E-state index in [4.69, 9.17) is 5.11 Å². The van der Waals surface area contributed by atoms with Gasteiger partial charge in [-0.25, -0.2) is 0 Å². The van der Waals surface area contributed by atoms with Gasteiger partial charge in [-0.1, -0.05) is 12.8 Å². The molecule has 0 spiro atoms. The maximum Gasteiger partial charge on any atom is 0.317 e. The number of carboxylic acids is 1. The largest absolute Gasteiger partial charge is 0.480 e. The molecular weight excluding hydrogens is 142 g/mol. The number of nitrogens with zero attached hydrogens (tertiary/aromatic N) is 1. The second-order valence-corrected chi connectivity index (χ2v) is 3.36. The van der Waals surface area contributed by atoms with Crippen LogP contribution in [0.2, 0.25) is 0 Å². The lowest BCUT2D eigenvalue weighted by molar-refractivity contribution is -0.138. The molecule has 1 aliphatic carbocycles. The first-order valence-corrected chi connectivity index (χ1v) is 4.09. The molecule has 0 amide bonds. The maximum atomic E-state index is 10.2. The average Bonchev–Trinajstić information content (AvgIpc) is 2.63. The Hall–Kier alpha value is -0.570. The predicted octanol–water partition coefficient (Wildman–Crippen LogP) is 0.803. The molecule has 11 heavy (non-hydrogen) atoms. The van der Waals surface area contributed by atoms with Crippen LogP contribution in [0.25, 0.3) is 0 Å². The molecule has 0 aromatic rings. The molecule has 1 aliphatic rings. The topological polar surface area (TPSA) is 40.5 Å². The van der Waals surface area contributed by atoms with Crippen LogP contribution in [0.5, 0.6) is 0 Å². The molecule has 0 saturated heterocycles. The standard InChI is InChI=1S/C8H15NO2/c1-9(6-8(10)11)5-4-7-2-3-7/h7H,2-6H2,1H3,(H,10,11). The Labute approximate surface area is 67.0 Å². The van der Waals surface area contributed by atoms with Crippen molar-refractivity contribution < 1.29 is 9.90 Å². The molecule has 0 aliphatic heterocycles. The summed E-state index contributed by atoms with van der Waals surface area (Å²) in [4.78, 5) is 12.1. The molecule has 1 fully saturated rings. The number of aliphatic carboxylic acids is 1. The number of carboxylic acid groups (broad SMARTS) is 1. The number of rotatable bonds is 5. The van der Waals surface area contributed by atoms with E-state index in [0.717, 1.165) is 12.5 Å². The molecule has 64 valence electrons. The van der Waals surface area contributed by atoms with Gasteiger partial charge in [0.1, 0.15) is 0 Å². The van der Waals surface area contributed by atoms with E-state index >= 15 is 0 Å². The quantitative estimate of drug-likeness (QED) is 0.641. The van der Waals surface area contributed by atoms with Crippen molar-refractivity contribution in [3.63, 3.8) is 0 Å². The Kier molecular flexibility index (Phi) is 2.88. The van der Waals surface area contributed by atoms with Gasteiger partial charge in [-0.3, -0.25) is 9.69 Å². The van der Waals surface area contributed by atoms with Crippen LogP contribution < -0.4 is 0 Å². The van der Waals surface area contributed by atoms with Crippen LogP contribution in [0.3, 0.4) is 0 Å². The smallest absolute Gasteiger partial charge is 0.317 e. The van der Waals surface area contributed by atoms with Gasteiger partial charge in [-0.15, -0.1) is 0 Å². The van der Waals surface area contributed by atoms with Crippen molar-refractivity contribution in [1.82, 2.24) is 4.90 Å². The lowest BCUT2D eigenvalue weighted by Gasteiger charge is -2.12. The van der Waals surface area contributed by atoms with Crippen LogP contribution in [0, 0.1) is 5.92 Å². The molecule has 0 bridgehead atoms. The third kappa shape index (κ3) is 3.98. The Morgan fingerprint density at radius 1 is 1.64 bits per heavy atom. The molecule has 0 radical (unpaired) electrons. The minimum absolute atomic E-state index is 0.173. The molecule has 0 heterocycles. The van der Waals surface area contributed by atoms with Crippen LogP contribution in [0.1, 0.15) is 19.3 Å². The number of carbonyl (C=O) groups is 1. The fourth-order valence-corrected chi connectivity index (χ4v) is 1.12. The maximum absolute atomic E-state index is 10.2. The average molecular weight is 157 g/mol. The summed E-state index contributed by atoms with van der Waals surface area (Å²) in [5.74, 6) is 0.162. The zero-order valence-electron chi connectivity index (χ0n) is 6.92. The second kappa shape index (κ2) is 3.72. The number of likely N-dealkylation sites (N-methyl/N-ethyl adjacent to an activating group) is 1. The molecule has 0 aromatic carbocycles. The van der Waals surface area contributed by atoms with E-state index in [9.17, 15) is 4.79 Å². The highest BCUT2D eigenvalue weighted by Crippen LogP contribution is 2.32. The van der Waals surface area contributed by atoms with Gasteiger partial charge in [-0.05, 0) is 25.9 Å². The summed E-state index contributed by atoms with van der Waals surface area (Å²) < 4.78 is 0. The summed E-state index contributed by atoms with van der Waals surface area (Å²) in [5, 5.41) is 8.42. The first-order chi connectivity index (χ1) is 5.18. The molecule has 0 atom stereocenters. The van der Waals surface area contributed by atoms with E-state index in [1.54, 1.807) is 0 Å². The van der Waals surface area contributed by atoms with Crippen molar-refractivity contribution in [2.24, 2.45) is 5.92 Å². The Morgan fingerprint density at radius 2 is 2.27 bits per heavy atom. The molecule has 3 nitrogen and oxygen atoms in total. The van der Waals surface area contributed by atoms with Gasteiger partial charge in [0.25, 0.3) is 0 Å². The highest BCUT2D eigenvalue weighted by molar-refractivity contribution is 5.68. The van der Waals surface area contributed by atoms with E-state index in [1.807, 2.05) is 11.9 Å². The summed E-state index contributed by atoms with van der Waals surface area (Å²) in [7, 11) is 1.86. The minimum Gasteiger partial charge on any atom is -0.480 e. The molecule has 1 saturated carbocycles. The second-order valence-electron chi connectivity index (χ2n) is 3.36. The first-order valence-electron chi connectivity index (χ1n) is 4.09. The van der Waals surface area contributed by atoms with Crippen molar-refractivity contribution in [3.05, 3.63) is 0 Å². The lowest BCUT2D eigenvalue weighted by Crippen LogP contribution is -2.26. The van der Waals surface area contributed by atoms with E-state index in [0.29, 0.717) is 0 Å². The summed E-state index contributed by atoms with van der Waals surface area (Å²) >= 11 is 0. The predicted molar refractivity (Wildman–Crippen MR) is 42.5 cm³/mol. The molecule has 0 aromatic heterocycles. The highest BCUT2D eigenvalue weighted by Gasteiger charge is 2.21. The van der Waals surface area contributed by atoms with Crippen molar-refractivity contribution in [3.8, 4) is 0 Å². The van der Waals surface area contributed by atoms with Crippen LogP contribution in [-0.2, 0) is 4.79 Å². The van der Waals surface area contributed by atoms with Crippen LogP contribution >= 0.6 is 0 Å². The number of hydrogen-bond donors (Lipinski definition) is 1. The summed E-state index contributed by atoms with van der Waals surface area (Å²) in [6.45, 7) is 1.10. The SMILES string of the molecule is CN(CCC1CC1)CC(=O)O. The molecular formula is C8H15NO2. The fourth-order valence-electron chi connectivity index (χ4n) is 1.12. The van der Waals surface area contributed by atoms with Gasteiger partial charge in [0.05, 0.1) is 6.54 Å². The third-order valence-electron chi connectivity index (χ3n) is 2.02. The van der Waals surface area contributed by atoms with E-state index < -0.39 is 5.97 Å².